The van der Waals surface area contributed by atoms with E-state index in [1.165, 1.54) is 0 Å². The lowest BCUT2D eigenvalue weighted by molar-refractivity contribution is -0.180. The molecule has 0 fully saturated rings. The van der Waals surface area contributed by atoms with Crippen molar-refractivity contribution in [3.8, 4) is 0 Å². The maximum absolute atomic E-state index is 11.4. The van der Waals surface area contributed by atoms with Crippen LogP contribution in [0.15, 0.2) is 5.16 Å². The molecule has 25 heavy (non-hydrogen) atoms. The van der Waals surface area contributed by atoms with Crippen molar-refractivity contribution in [3.05, 3.63) is 0 Å². The molecule has 0 saturated carbocycles. The maximum atomic E-state index is 11.4. The van der Waals surface area contributed by atoms with Crippen LogP contribution in [-0.4, -0.2) is 71.3 Å². The molecule has 11 heteroatoms. The summed E-state index contributed by atoms with van der Waals surface area (Å²) in [6, 6.07) is -1.23. The Balaban J connectivity index is 5.69. The summed E-state index contributed by atoms with van der Waals surface area (Å²) < 4.78 is 14.6. The van der Waals surface area contributed by atoms with E-state index in [-0.39, 0.29) is 0 Å². The third-order valence-corrected chi connectivity index (χ3v) is 2.72. The van der Waals surface area contributed by atoms with Gasteiger partial charge < -0.3 is 29.8 Å². The summed E-state index contributed by atoms with van der Waals surface area (Å²) in [5, 5.41) is 24.0. The minimum Gasteiger partial charge on any atom is -0.463 e. The molecule has 11 nitrogen and oxygen atoms in total. The van der Waals surface area contributed by atoms with Gasteiger partial charge in [-0.3, -0.25) is 19.2 Å². The monoisotopic (exact) mass is 362 g/mol. The lowest BCUT2D eigenvalue weighted by atomic mass is 10.0. The van der Waals surface area contributed by atoms with Crippen LogP contribution in [0.4, 0.5) is 0 Å². The van der Waals surface area contributed by atoms with Crippen molar-refractivity contribution >= 4 is 30.0 Å². The zero-order valence-electron chi connectivity index (χ0n) is 14.3. The van der Waals surface area contributed by atoms with E-state index in [1.54, 1.807) is 0 Å². The minimum atomic E-state index is -1.58. The molecule has 0 heterocycles. The lowest BCUT2D eigenvalue weighted by Gasteiger charge is -2.33. The Hall–Kier alpha value is -2.69. The molecule has 3 N–H and O–H groups in total. The zero-order chi connectivity index (χ0) is 19.6. The Morgan fingerprint density at radius 1 is 1.00 bits per heavy atom. The molecule has 0 bridgehead atoms. The van der Waals surface area contributed by atoms with Crippen molar-refractivity contribution in [1.29, 1.82) is 0 Å². The second-order valence-corrected chi connectivity index (χ2v) is 5.01. The third kappa shape index (κ3) is 9.25. The molecule has 0 aromatic carbocycles. The molecular weight excluding hydrogens is 340 g/mol. The van der Waals surface area contributed by atoms with Crippen molar-refractivity contribution in [2.45, 2.75) is 52.0 Å². The predicted octanol–water partition coefficient (Wildman–Crippen LogP) is -1.26. The van der Waals surface area contributed by atoms with Crippen molar-refractivity contribution in [1.82, 2.24) is 5.32 Å². The number of nitrogens with zero attached hydrogens (tertiary/aromatic N) is 1. The Morgan fingerprint density at radius 3 is 1.92 bits per heavy atom. The van der Waals surface area contributed by atoms with E-state index in [0.717, 1.165) is 33.9 Å². The van der Waals surface area contributed by atoms with E-state index in [1.807, 2.05) is 0 Å². The number of aliphatic hydroxyl groups excluding tert-OH is 1. The summed E-state index contributed by atoms with van der Waals surface area (Å²) in [7, 11) is 0. The van der Waals surface area contributed by atoms with Gasteiger partial charge in [0.15, 0.2) is 12.2 Å². The van der Waals surface area contributed by atoms with Gasteiger partial charge in [-0.25, -0.2) is 0 Å². The molecule has 0 aliphatic heterocycles. The Bertz CT molecular complexity index is 520. The molecular formula is C14H22N2O9. The highest BCUT2D eigenvalue weighted by atomic mass is 16.6. The van der Waals surface area contributed by atoms with Crippen molar-refractivity contribution in [3.63, 3.8) is 0 Å². The third-order valence-electron chi connectivity index (χ3n) is 2.72. The molecule has 0 aliphatic rings. The number of amides is 1. The van der Waals surface area contributed by atoms with Crippen LogP contribution >= 0.6 is 0 Å². The van der Waals surface area contributed by atoms with Crippen LogP contribution in [0.1, 0.15) is 27.7 Å². The second kappa shape index (κ2) is 11.0. The highest BCUT2D eigenvalue weighted by Crippen LogP contribution is 2.15. The number of esters is 3. The molecule has 0 aromatic heterocycles. The van der Waals surface area contributed by atoms with Crippen LogP contribution in [-0.2, 0) is 33.4 Å². The molecule has 4 atom stereocenters. The number of oxime groups is 1. The number of hydrogen-bond acceptors (Lipinski definition) is 10. The van der Waals surface area contributed by atoms with Crippen LogP contribution < -0.4 is 5.32 Å². The van der Waals surface area contributed by atoms with Gasteiger partial charge in [0.2, 0.25) is 5.91 Å². The van der Waals surface area contributed by atoms with Gasteiger partial charge in [-0.15, -0.1) is 0 Å². The fourth-order valence-corrected chi connectivity index (χ4v) is 1.90. The SMILES string of the molecule is CC(=O)NC(/C=N/O)[C@@H](OC(C)=O)[C@H](OC(C)=O)C(O)COC(C)=O. The second-order valence-electron chi connectivity index (χ2n) is 5.01. The standard InChI is InChI=1S/C14H22N2O9/c1-7(17)16-11(5-15-22)13(24-9(3)19)14(25-10(4)20)12(21)6-23-8(2)18/h5,11-14,21-22H,6H2,1-4H3,(H,16,17)/b15-5+/t11?,12?,13-,14-/m1/s1. The fourth-order valence-electron chi connectivity index (χ4n) is 1.90. The smallest absolute Gasteiger partial charge is 0.303 e. The van der Waals surface area contributed by atoms with Crippen molar-refractivity contribution < 1.29 is 43.7 Å². The van der Waals surface area contributed by atoms with Gasteiger partial charge in [0.1, 0.15) is 18.8 Å². The van der Waals surface area contributed by atoms with Gasteiger partial charge >= 0.3 is 17.9 Å². The van der Waals surface area contributed by atoms with Gasteiger partial charge in [0.05, 0.1) is 6.21 Å². The Morgan fingerprint density at radius 2 is 1.52 bits per heavy atom. The quantitative estimate of drug-likeness (QED) is 0.149. The number of carbonyl (C=O) groups excluding carboxylic acids is 4. The molecule has 0 saturated heterocycles. The first-order chi connectivity index (χ1) is 11.6. The minimum absolute atomic E-state index is 0.561. The number of rotatable bonds is 9. The van der Waals surface area contributed by atoms with E-state index >= 15 is 0 Å². The van der Waals surface area contributed by atoms with Crippen molar-refractivity contribution in [2.24, 2.45) is 5.16 Å². The van der Waals surface area contributed by atoms with E-state index in [0.29, 0.717) is 0 Å². The summed E-state index contributed by atoms with van der Waals surface area (Å²) in [5.74, 6) is -2.91. The number of nitrogens with one attached hydrogen (secondary N) is 1. The molecule has 142 valence electrons. The fraction of sp³-hybridized carbons (Fsp3) is 0.643. The molecule has 0 spiro atoms. The first-order valence-electron chi connectivity index (χ1n) is 7.19. The summed E-state index contributed by atoms with van der Waals surface area (Å²) in [5.41, 5.74) is 0. The van der Waals surface area contributed by atoms with Crippen LogP contribution in [0.2, 0.25) is 0 Å². The topological polar surface area (TPSA) is 161 Å². The molecule has 2 unspecified atom stereocenters. The first-order valence-corrected chi connectivity index (χ1v) is 7.19. The zero-order valence-corrected chi connectivity index (χ0v) is 14.3. The number of ether oxygens (including phenoxy) is 3. The maximum Gasteiger partial charge on any atom is 0.303 e. The van der Waals surface area contributed by atoms with Crippen LogP contribution in [0.3, 0.4) is 0 Å². The van der Waals surface area contributed by atoms with E-state index in [4.69, 9.17) is 14.7 Å². The highest BCUT2D eigenvalue weighted by molar-refractivity contribution is 5.79. The van der Waals surface area contributed by atoms with Gasteiger partial charge in [-0.2, -0.15) is 0 Å². The van der Waals surface area contributed by atoms with Gasteiger partial charge in [0.25, 0.3) is 0 Å². The lowest BCUT2D eigenvalue weighted by Crippen LogP contribution is -2.56. The normalized spacial score (nSPS) is 15.6. The molecule has 1 amide bonds. The first kappa shape index (κ1) is 22.3. The van der Waals surface area contributed by atoms with Gasteiger partial charge in [-0.05, 0) is 0 Å². The predicted molar refractivity (Wildman–Crippen MR) is 81.6 cm³/mol. The van der Waals surface area contributed by atoms with Gasteiger partial charge in [0, 0.05) is 27.7 Å². The van der Waals surface area contributed by atoms with E-state index < -0.39 is 54.8 Å². The summed E-state index contributed by atoms with van der Waals surface area (Å²) in [6.07, 6.45) is -3.73. The average Bonchev–Trinajstić information content (AvgIpc) is 2.47. The Kier molecular flexibility index (Phi) is 9.79. The summed E-state index contributed by atoms with van der Waals surface area (Å²) in [4.78, 5) is 44.9. The highest BCUT2D eigenvalue weighted by Gasteiger charge is 2.40. The summed E-state index contributed by atoms with van der Waals surface area (Å²) >= 11 is 0. The number of aliphatic hydroxyl groups is 1. The Labute approximate surface area is 143 Å². The molecule has 0 rings (SSSR count). The van der Waals surface area contributed by atoms with Crippen molar-refractivity contribution in [2.75, 3.05) is 6.61 Å². The van der Waals surface area contributed by atoms with Crippen LogP contribution in [0.5, 0.6) is 0 Å². The van der Waals surface area contributed by atoms with E-state index in [9.17, 15) is 24.3 Å². The molecule has 0 aliphatic carbocycles. The van der Waals surface area contributed by atoms with Crippen LogP contribution in [0.25, 0.3) is 0 Å². The molecule has 0 radical (unpaired) electrons. The van der Waals surface area contributed by atoms with E-state index in [2.05, 4.69) is 15.2 Å². The largest absolute Gasteiger partial charge is 0.463 e. The summed E-state index contributed by atoms with van der Waals surface area (Å²) in [6.45, 7) is 3.80. The van der Waals surface area contributed by atoms with Gasteiger partial charge in [-0.1, -0.05) is 5.16 Å². The number of carbonyl (C=O) groups is 4. The molecule has 0 aromatic rings. The van der Waals surface area contributed by atoms with Crippen LogP contribution in [0, 0.1) is 0 Å². The number of hydrogen-bond donors (Lipinski definition) is 3. The average molecular weight is 362 g/mol.